The van der Waals surface area contributed by atoms with Crippen LogP contribution in [0.1, 0.15) is 297 Å². The Bertz CT molecular complexity index is 909. The number of allylic oxidation sites excluding steroid dienone is 2. The van der Waals surface area contributed by atoms with E-state index in [-0.39, 0.29) is 24.9 Å². The number of carbonyl (C=O) groups excluding carboxylic acids is 2. The van der Waals surface area contributed by atoms with E-state index in [1.54, 1.807) is 0 Å². The van der Waals surface area contributed by atoms with Crippen molar-refractivity contribution in [1.29, 1.82) is 0 Å². The van der Waals surface area contributed by atoms with Crippen LogP contribution in [0, 0.1) is 0 Å². The van der Waals surface area contributed by atoms with Crippen molar-refractivity contribution in [2.24, 2.45) is 0 Å². The number of aliphatic hydroxyl groups is 2. The molecule has 0 aliphatic rings. The predicted octanol–water partition coefficient (Wildman–Crippen LogP) is 16.1. The number of aliphatic hydroxyl groups excluding tert-OH is 2. The average Bonchev–Trinajstić information content (AvgIpc) is 3.24. The van der Waals surface area contributed by atoms with Crippen molar-refractivity contribution < 1.29 is 24.5 Å². The number of unbranched alkanes of at least 4 members (excludes halogenated alkanes) is 35. The zero-order valence-corrected chi connectivity index (χ0v) is 40.6. The number of hydrogen-bond donors (Lipinski definition) is 3. The van der Waals surface area contributed by atoms with Gasteiger partial charge in [0.25, 0.3) is 0 Å². The topological polar surface area (TPSA) is 95.9 Å². The van der Waals surface area contributed by atoms with Crippen molar-refractivity contribution in [3.63, 3.8) is 0 Å². The van der Waals surface area contributed by atoms with E-state index in [4.69, 9.17) is 4.74 Å². The maximum absolute atomic E-state index is 13.2. The molecule has 3 N–H and O–H groups in total. The van der Waals surface area contributed by atoms with Gasteiger partial charge in [-0.15, -0.1) is 0 Å². The molecule has 0 spiro atoms. The Kier molecular flexibility index (Phi) is 47.5. The molecule has 0 heterocycles. The summed E-state index contributed by atoms with van der Waals surface area (Å²) in [5.41, 5.74) is 0. The van der Waals surface area contributed by atoms with Gasteiger partial charge in [-0.25, -0.2) is 0 Å². The molecule has 6 heteroatoms. The van der Waals surface area contributed by atoms with Gasteiger partial charge in [0.15, 0.2) is 0 Å². The molecular formula is C54H105NO5. The van der Waals surface area contributed by atoms with E-state index in [2.05, 4.69) is 38.2 Å². The summed E-state index contributed by atoms with van der Waals surface area (Å²) in [6.07, 6.45) is 54.2. The molecule has 0 fully saturated rings. The lowest BCUT2D eigenvalue weighted by Gasteiger charge is -2.24. The van der Waals surface area contributed by atoms with Crippen LogP contribution >= 0.6 is 0 Å². The minimum absolute atomic E-state index is 0.0814. The van der Waals surface area contributed by atoms with Gasteiger partial charge in [0, 0.05) is 6.42 Å². The minimum atomic E-state index is -0.783. The van der Waals surface area contributed by atoms with E-state index in [0.29, 0.717) is 19.3 Å². The normalized spacial score (nSPS) is 13.2. The van der Waals surface area contributed by atoms with Crippen LogP contribution < -0.4 is 5.32 Å². The van der Waals surface area contributed by atoms with Crippen molar-refractivity contribution in [1.82, 2.24) is 5.32 Å². The highest BCUT2D eigenvalue weighted by Crippen LogP contribution is 2.19. The summed E-state index contributed by atoms with van der Waals surface area (Å²) in [5.74, 6) is -0.468. The third kappa shape index (κ3) is 43.3. The van der Waals surface area contributed by atoms with Gasteiger partial charge >= 0.3 is 5.97 Å². The summed E-state index contributed by atoms with van der Waals surface area (Å²) in [6, 6.07) is -0.696. The van der Waals surface area contributed by atoms with Gasteiger partial charge < -0.3 is 20.3 Å². The number of hydrogen-bond acceptors (Lipinski definition) is 5. The fraction of sp³-hybridized carbons (Fsp3) is 0.926. The Labute approximate surface area is 374 Å². The van der Waals surface area contributed by atoms with E-state index in [0.717, 1.165) is 57.8 Å². The molecule has 0 aromatic rings. The summed E-state index contributed by atoms with van der Waals surface area (Å²) in [5, 5.41) is 23.8. The number of amides is 1. The minimum Gasteiger partial charge on any atom is -0.462 e. The van der Waals surface area contributed by atoms with E-state index < -0.39 is 18.2 Å². The summed E-state index contributed by atoms with van der Waals surface area (Å²) >= 11 is 0. The van der Waals surface area contributed by atoms with Crippen molar-refractivity contribution in [3.8, 4) is 0 Å². The maximum atomic E-state index is 13.2. The van der Waals surface area contributed by atoms with E-state index >= 15 is 0 Å². The van der Waals surface area contributed by atoms with Crippen LogP contribution in [0.3, 0.4) is 0 Å². The van der Waals surface area contributed by atoms with Crippen LogP contribution in [0.5, 0.6) is 0 Å². The van der Waals surface area contributed by atoms with Crippen LogP contribution in [0.25, 0.3) is 0 Å². The van der Waals surface area contributed by atoms with Crippen LogP contribution in [0.2, 0.25) is 0 Å². The second-order valence-electron chi connectivity index (χ2n) is 18.6. The molecule has 1 amide bonds. The molecule has 0 bridgehead atoms. The molecular weight excluding hydrogens is 743 g/mol. The Morgan fingerprint density at radius 1 is 0.467 bits per heavy atom. The Hall–Kier alpha value is -1.40. The molecule has 0 aliphatic carbocycles. The number of rotatable bonds is 49. The Morgan fingerprint density at radius 2 is 0.833 bits per heavy atom. The maximum Gasteiger partial charge on any atom is 0.306 e. The second kappa shape index (κ2) is 48.6. The molecule has 3 unspecified atom stereocenters. The predicted molar refractivity (Wildman–Crippen MR) is 260 cm³/mol. The lowest BCUT2D eigenvalue weighted by Crippen LogP contribution is -2.46. The van der Waals surface area contributed by atoms with Gasteiger partial charge in [0.1, 0.15) is 6.10 Å². The standard InChI is InChI=1S/C54H105NO5/c1-4-7-10-13-16-19-22-24-26-27-28-30-32-34-37-40-43-46-52(57)51(49-56)55-53(58)48-50(60-54(59)47-44-41-38-35-21-18-15-12-9-6-3)45-42-39-36-33-31-29-25-23-20-17-14-11-8-5-2/h12,15,50-52,56-57H,4-11,13-14,16-49H2,1-3H3,(H,55,58)/b15-12-. The molecule has 0 aromatic heterocycles. The summed E-state index contributed by atoms with van der Waals surface area (Å²) in [6.45, 7) is 6.46. The SMILES string of the molecule is CCC/C=C\CCCCCCCC(=O)OC(CCCCCCCCCCCCCCCC)CC(=O)NC(CO)C(O)CCCCCCCCCCCCCCCCCCC. The van der Waals surface area contributed by atoms with Gasteiger partial charge in [-0.1, -0.05) is 251 Å². The third-order valence-electron chi connectivity index (χ3n) is 12.6. The fourth-order valence-electron chi connectivity index (χ4n) is 8.49. The lowest BCUT2D eigenvalue weighted by atomic mass is 10.0. The molecule has 0 radical (unpaired) electrons. The van der Waals surface area contributed by atoms with Crippen LogP contribution in [0.4, 0.5) is 0 Å². The number of carbonyl (C=O) groups is 2. The van der Waals surface area contributed by atoms with Crippen molar-refractivity contribution in [2.45, 2.75) is 315 Å². The van der Waals surface area contributed by atoms with Crippen LogP contribution in [-0.4, -0.2) is 46.9 Å². The van der Waals surface area contributed by atoms with Gasteiger partial charge in [0.05, 0.1) is 25.2 Å². The van der Waals surface area contributed by atoms with E-state index in [1.807, 2.05) is 0 Å². The zero-order valence-electron chi connectivity index (χ0n) is 40.6. The van der Waals surface area contributed by atoms with Gasteiger partial charge in [0.2, 0.25) is 5.91 Å². The largest absolute Gasteiger partial charge is 0.462 e. The first-order chi connectivity index (χ1) is 29.5. The Morgan fingerprint density at radius 3 is 1.25 bits per heavy atom. The first kappa shape index (κ1) is 58.6. The van der Waals surface area contributed by atoms with E-state index in [1.165, 1.54) is 193 Å². The van der Waals surface area contributed by atoms with E-state index in [9.17, 15) is 19.8 Å². The molecule has 0 aromatic carbocycles. The van der Waals surface area contributed by atoms with Crippen molar-refractivity contribution >= 4 is 11.9 Å². The quantitative estimate of drug-likeness (QED) is 0.0322. The molecule has 0 aliphatic heterocycles. The van der Waals surface area contributed by atoms with Crippen LogP contribution in [0.15, 0.2) is 12.2 Å². The van der Waals surface area contributed by atoms with Gasteiger partial charge in [-0.2, -0.15) is 0 Å². The number of ether oxygens (including phenoxy) is 1. The fourth-order valence-corrected chi connectivity index (χ4v) is 8.49. The number of esters is 1. The lowest BCUT2D eigenvalue weighted by molar-refractivity contribution is -0.151. The third-order valence-corrected chi connectivity index (χ3v) is 12.6. The van der Waals surface area contributed by atoms with Gasteiger partial charge in [-0.05, 0) is 44.9 Å². The first-order valence-corrected chi connectivity index (χ1v) is 26.9. The zero-order chi connectivity index (χ0) is 43.8. The smallest absolute Gasteiger partial charge is 0.306 e. The molecule has 6 nitrogen and oxygen atoms in total. The molecule has 356 valence electrons. The monoisotopic (exact) mass is 848 g/mol. The van der Waals surface area contributed by atoms with Crippen molar-refractivity contribution in [3.05, 3.63) is 12.2 Å². The summed E-state index contributed by atoms with van der Waals surface area (Å²) < 4.78 is 5.93. The molecule has 0 saturated heterocycles. The highest BCUT2D eigenvalue weighted by Gasteiger charge is 2.24. The van der Waals surface area contributed by atoms with Crippen molar-refractivity contribution in [2.75, 3.05) is 6.61 Å². The summed E-state index contributed by atoms with van der Waals surface area (Å²) in [7, 11) is 0. The highest BCUT2D eigenvalue weighted by atomic mass is 16.5. The summed E-state index contributed by atoms with van der Waals surface area (Å²) in [4.78, 5) is 26.1. The van der Waals surface area contributed by atoms with Gasteiger partial charge in [-0.3, -0.25) is 9.59 Å². The highest BCUT2D eigenvalue weighted by molar-refractivity contribution is 5.77. The second-order valence-corrected chi connectivity index (χ2v) is 18.6. The molecule has 0 rings (SSSR count). The Balaban J connectivity index is 4.44. The number of nitrogens with one attached hydrogen (secondary N) is 1. The molecule has 0 saturated carbocycles. The molecule has 60 heavy (non-hydrogen) atoms. The average molecular weight is 848 g/mol. The molecule has 3 atom stereocenters. The van der Waals surface area contributed by atoms with Crippen LogP contribution in [-0.2, 0) is 14.3 Å². The first-order valence-electron chi connectivity index (χ1n) is 26.9.